The van der Waals surface area contributed by atoms with Crippen LogP contribution in [0.3, 0.4) is 0 Å². The first-order chi connectivity index (χ1) is 15.6. The van der Waals surface area contributed by atoms with Crippen molar-refractivity contribution in [3.63, 3.8) is 0 Å². The van der Waals surface area contributed by atoms with E-state index in [0.29, 0.717) is 17.8 Å². The molecule has 4 rings (SSSR count). The van der Waals surface area contributed by atoms with Crippen LogP contribution in [0.4, 0.5) is 0 Å². The molecule has 0 saturated heterocycles. The molecule has 0 radical (unpaired) electrons. The van der Waals surface area contributed by atoms with Crippen molar-refractivity contribution in [3.05, 3.63) is 88.2 Å². The van der Waals surface area contributed by atoms with Gasteiger partial charge in [-0.05, 0) is 42.1 Å². The molecule has 0 unspecified atom stereocenters. The molecule has 1 atom stereocenters. The number of fused-ring (bicyclic) bond motifs is 1. The number of benzene rings is 2. The summed E-state index contributed by atoms with van der Waals surface area (Å²) in [6.07, 6.45) is 2.33. The largest absolute Gasteiger partial charge is 0.361 e. The van der Waals surface area contributed by atoms with E-state index < -0.39 is 6.04 Å². The molecular weight excluding hydrogens is 438 g/mol. The molecule has 0 fully saturated rings. The van der Waals surface area contributed by atoms with Gasteiger partial charge in [-0.2, -0.15) is 0 Å². The topological polar surface area (TPSA) is 74.0 Å². The third-order valence-electron chi connectivity index (χ3n) is 5.16. The molecule has 2 heterocycles. The summed E-state index contributed by atoms with van der Waals surface area (Å²) in [6.45, 7) is 2.59. The van der Waals surface area contributed by atoms with Crippen LogP contribution < -0.4 is 10.6 Å². The summed E-state index contributed by atoms with van der Waals surface area (Å²) >= 11 is 3.06. The molecule has 0 spiro atoms. The molecule has 164 valence electrons. The number of aromatic nitrogens is 1. The lowest BCUT2D eigenvalue weighted by Gasteiger charge is -2.18. The van der Waals surface area contributed by atoms with Crippen LogP contribution in [0.2, 0.25) is 0 Å². The lowest BCUT2D eigenvalue weighted by atomic mass is 10.0. The molecule has 0 bridgehead atoms. The minimum absolute atomic E-state index is 0.176. The van der Waals surface area contributed by atoms with Gasteiger partial charge in [0.25, 0.3) is 5.91 Å². The van der Waals surface area contributed by atoms with Crippen LogP contribution in [0.15, 0.2) is 77.1 Å². The van der Waals surface area contributed by atoms with Gasteiger partial charge in [0.1, 0.15) is 6.04 Å². The number of thiophene rings is 1. The first-order valence-electron chi connectivity index (χ1n) is 10.5. The van der Waals surface area contributed by atoms with Crippen molar-refractivity contribution in [2.75, 3.05) is 12.3 Å². The number of carbonyl (C=O) groups excluding carboxylic acids is 2. The zero-order valence-electron chi connectivity index (χ0n) is 17.8. The summed E-state index contributed by atoms with van der Waals surface area (Å²) < 4.78 is 0. The summed E-state index contributed by atoms with van der Waals surface area (Å²) in [6, 6.07) is 19.2. The highest BCUT2D eigenvalue weighted by atomic mass is 32.2. The van der Waals surface area contributed by atoms with Crippen LogP contribution in [0.5, 0.6) is 0 Å². The van der Waals surface area contributed by atoms with Crippen molar-refractivity contribution in [3.8, 4) is 0 Å². The van der Waals surface area contributed by atoms with E-state index in [-0.39, 0.29) is 11.8 Å². The van der Waals surface area contributed by atoms with Crippen LogP contribution in [0, 0.1) is 6.92 Å². The van der Waals surface area contributed by atoms with Crippen molar-refractivity contribution in [1.82, 2.24) is 15.6 Å². The van der Waals surface area contributed by atoms with E-state index in [1.54, 1.807) is 17.8 Å². The first-order valence-corrected chi connectivity index (χ1v) is 12.3. The summed E-state index contributed by atoms with van der Waals surface area (Å²) in [7, 11) is 0. The second-order valence-corrected chi connectivity index (χ2v) is 9.64. The maximum absolute atomic E-state index is 13.0. The van der Waals surface area contributed by atoms with Crippen LogP contribution in [0.25, 0.3) is 10.9 Å². The van der Waals surface area contributed by atoms with Crippen molar-refractivity contribution in [2.45, 2.75) is 24.3 Å². The molecular formula is C25H25N3O2S2. The van der Waals surface area contributed by atoms with Gasteiger partial charge in [0.05, 0.1) is 4.88 Å². The van der Waals surface area contributed by atoms with Crippen molar-refractivity contribution in [2.24, 2.45) is 0 Å². The predicted octanol–water partition coefficient (Wildman–Crippen LogP) is 4.79. The summed E-state index contributed by atoms with van der Waals surface area (Å²) in [5.74, 6) is 0.353. The van der Waals surface area contributed by atoms with Crippen LogP contribution >= 0.6 is 23.1 Å². The zero-order valence-corrected chi connectivity index (χ0v) is 19.4. The van der Waals surface area contributed by atoms with Gasteiger partial charge in [0, 0.05) is 40.7 Å². The highest BCUT2D eigenvalue weighted by Gasteiger charge is 2.23. The summed E-state index contributed by atoms with van der Waals surface area (Å²) in [5.41, 5.74) is 3.24. The van der Waals surface area contributed by atoms with Crippen LogP contribution in [-0.2, 0) is 11.2 Å². The standard InChI is InChI=1S/C25H25N3O2S2/c1-17-8-10-19(11-9-17)31-14-12-26-24(29)22(28-25(30)23-7-4-13-32-23)15-18-16-27-21-6-3-2-5-20(18)21/h2-11,13,16,22,27H,12,14-15H2,1H3,(H,26,29)(H,28,30)/t22-/m1/s1. The number of rotatable bonds is 9. The van der Waals surface area contributed by atoms with Gasteiger partial charge in [0.15, 0.2) is 0 Å². The Labute approximate surface area is 195 Å². The van der Waals surface area contributed by atoms with Gasteiger partial charge >= 0.3 is 0 Å². The Balaban J connectivity index is 1.41. The zero-order chi connectivity index (χ0) is 22.3. The molecule has 0 saturated carbocycles. The molecule has 3 N–H and O–H groups in total. The fourth-order valence-corrected chi connectivity index (χ4v) is 4.86. The fraction of sp³-hybridized carbons (Fsp3) is 0.200. The molecule has 32 heavy (non-hydrogen) atoms. The minimum atomic E-state index is -0.659. The number of hydrogen-bond donors (Lipinski definition) is 3. The van der Waals surface area contributed by atoms with E-state index in [0.717, 1.165) is 22.2 Å². The third kappa shape index (κ3) is 5.60. The van der Waals surface area contributed by atoms with Crippen LogP contribution in [-0.4, -0.2) is 35.1 Å². The number of amides is 2. The van der Waals surface area contributed by atoms with E-state index in [1.165, 1.54) is 21.8 Å². The van der Waals surface area contributed by atoms with E-state index >= 15 is 0 Å². The minimum Gasteiger partial charge on any atom is -0.361 e. The Bertz CT molecular complexity index is 1180. The maximum atomic E-state index is 13.0. The molecule has 2 aromatic heterocycles. The van der Waals surface area contributed by atoms with E-state index in [4.69, 9.17) is 0 Å². The molecule has 5 nitrogen and oxygen atoms in total. The number of carbonyl (C=O) groups is 2. The second-order valence-electron chi connectivity index (χ2n) is 7.52. The van der Waals surface area contributed by atoms with Gasteiger partial charge in [-0.15, -0.1) is 23.1 Å². The van der Waals surface area contributed by atoms with E-state index in [1.807, 2.05) is 41.9 Å². The number of nitrogens with one attached hydrogen (secondary N) is 3. The number of aromatic amines is 1. The highest BCUT2D eigenvalue weighted by molar-refractivity contribution is 7.99. The molecule has 0 aliphatic heterocycles. The van der Waals surface area contributed by atoms with Crippen molar-refractivity contribution in [1.29, 1.82) is 0 Å². The Morgan fingerprint density at radius 1 is 1.06 bits per heavy atom. The van der Waals surface area contributed by atoms with Gasteiger partial charge < -0.3 is 15.6 Å². The van der Waals surface area contributed by atoms with Gasteiger partial charge in [0.2, 0.25) is 5.91 Å². The monoisotopic (exact) mass is 463 g/mol. The van der Waals surface area contributed by atoms with E-state index in [2.05, 4.69) is 46.8 Å². The third-order valence-corrected chi connectivity index (χ3v) is 7.04. The lowest BCUT2D eigenvalue weighted by molar-refractivity contribution is -0.122. The summed E-state index contributed by atoms with van der Waals surface area (Å²) in [5, 5.41) is 8.83. The molecule has 2 amide bonds. The first kappa shape index (κ1) is 22.2. The molecule has 7 heteroatoms. The van der Waals surface area contributed by atoms with Gasteiger partial charge in [-0.25, -0.2) is 0 Å². The number of thioether (sulfide) groups is 1. The Morgan fingerprint density at radius 2 is 1.88 bits per heavy atom. The van der Waals surface area contributed by atoms with E-state index in [9.17, 15) is 9.59 Å². The Hall–Kier alpha value is -3.03. The van der Waals surface area contributed by atoms with Crippen molar-refractivity contribution < 1.29 is 9.59 Å². The highest BCUT2D eigenvalue weighted by Crippen LogP contribution is 2.20. The summed E-state index contributed by atoms with van der Waals surface area (Å²) in [4.78, 5) is 30.7. The number of para-hydroxylation sites is 1. The van der Waals surface area contributed by atoms with Crippen LogP contribution in [0.1, 0.15) is 20.8 Å². The quantitative estimate of drug-likeness (QED) is 0.247. The fourth-order valence-electron chi connectivity index (χ4n) is 3.47. The average molecular weight is 464 g/mol. The molecule has 4 aromatic rings. The number of H-pyrrole nitrogens is 1. The second kappa shape index (κ2) is 10.5. The molecule has 0 aliphatic rings. The predicted molar refractivity (Wildman–Crippen MR) is 132 cm³/mol. The lowest BCUT2D eigenvalue weighted by Crippen LogP contribution is -2.48. The SMILES string of the molecule is Cc1ccc(SCCNC(=O)[C@@H](Cc2c[nH]c3ccccc23)NC(=O)c2cccs2)cc1. The van der Waals surface area contributed by atoms with Crippen molar-refractivity contribution >= 4 is 45.8 Å². The smallest absolute Gasteiger partial charge is 0.262 e. The molecule has 2 aromatic carbocycles. The van der Waals surface area contributed by atoms with Gasteiger partial charge in [-0.1, -0.05) is 42.0 Å². The number of hydrogen-bond acceptors (Lipinski definition) is 4. The molecule has 0 aliphatic carbocycles. The maximum Gasteiger partial charge on any atom is 0.262 e. The Kier molecular flexibility index (Phi) is 7.29. The Morgan fingerprint density at radius 3 is 2.66 bits per heavy atom. The average Bonchev–Trinajstić information content (AvgIpc) is 3.48. The number of aryl methyl sites for hydroxylation is 1. The van der Waals surface area contributed by atoms with Gasteiger partial charge in [-0.3, -0.25) is 9.59 Å². The normalized spacial score (nSPS) is 11.9.